The molecule has 0 atom stereocenters. The van der Waals surface area contributed by atoms with Gasteiger partial charge in [0.2, 0.25) is 5.89 Å². The lowest BCUT2D eigenvalue weighted by molar-refractivity contribution is -0.138. The van der Waals surface area contributed by atoms with Crippen molar-refractivity contribution in [3.05, 3.63) is 17.3 Å². The Kier molecular flexibility index (Phi) is 3.85. The molecule has 1 aromatic rings. The Labute approximate surface area is 88.7 Å². The van der Waals surface area contributed by atoms with Crippen molar-refractivity contribution >= 4 is 5.97 Å². The van der Waals surface area contributed by atoms with Crippen molar-refractivity contribution in [3.63, 3.8) is 0 Å². The van der Waals surface area contributed by atoms with Gasteiger partial charge in [0.25, 0.3) is 0 Å². The van der Waals surface area contributed by atoms with Gasteiger partial charge in [-0.05, 0) is 20.4 Å². The fraction of sp³-hybridized carbons (Fsp3) is 0.600. The molecule has 0 saturated carbocycles. The average molecular weight is 212 g/mol. The molecule has 0 aliphatic rings. The second-order valence-corrected chi connectivity index (χ2v) is 3.45. The topological polar surface area (TPSA) is 66.6 Å². The monoisotopic (exact) mass is 212 g/mol. The van der Waals surface area contributed by atoms with Crippen molar-refractivity contribution in [2.24, 2.45) is 0 Å². The van der Waals surface area contributed by atoms with Crippen LogP contribution in [0.1, 0.15) is 24.3 Å². The number of likely N-dealkylation sites (N-methyl/N-ethyl adjacent to an activating group) is 1. The van der Waals surface area contributed by atoms with Gasteiger partial charge in [0, 0.05) is 0 Å². The molecule has 1 aromatic heterocycles. The molecule has 84 valence electrons. The van der Waals surface area contributed by atoms with Crippen LogP contribution in [-0.4, -0.2) is 34.0 Å². The zero-order chi connectivity index (χ0) is 11.4. The molecule has 0 fully saturated rings. The van der Waals surface area contributed by atoms with Crippen LogP contribution in [-0.2, 0) is 11.3 Å². The summed E-state index contributed by atoms with van der Waals surface area (Å²) in [6, 6.07) is 0. The summed E-state index contributed by atoms with van der Waals surface area (Å²) in [7, 11) is 0. The summed E-state index contributed by atoms with van der Waals surface area (Å²) in [5.74, 6) is 0.529. The largest absolute Gasteiger partial charge is 0.480 e. The van der Waals surface area contributed by atoms with Gasteiger partial charge in [-0.25, -0.2) is 4.98 Å². The van der Waals surface area contributed by atoms with Crippen molar-refractivity contribution in [2.75, 3.05) is 13.1 Å². The SMILES string of the molecule is CCN(CC(=O)O)Cc1nc(C)c(C)o1. The third kappa shape index (κ3) is 3.36. The summed E-state index contributed by atoms with van der Waals surface area (Å²) in [6.45, 7) is 6.74. The van der Waals surface area contributed by atoms with Gasteiger partial charge >= 0.3 is 5.97 Å². The zero-order valence-electron chi connectivity index (χ0n) is 9.28. The van der Waals surface area contributed by atoms with E-state index in [1.54, 1.807) is 4.90 Å². The fourth-order valence-corrected chi connectivity index (χ4v) is 1.27. The number of carboxylic acid groups (broad SMARTS) is 1. The molecule has 5 nitrogen and oxygen atoms in total. The molecule has 0 spiro atoms. The van der Waals surface area contributed by atoms with E-state index in [1.165, 1.54) is 0 Å². The summed E-state index contributed by atoms with van der Waals surface area (Å²) >= 11 is 0. The predicted molar refractivity (Wildman–Crippen MR) is 54.6 cm³/mol. The van der Waals surface area contributed by atoms with Crippen molar-refractivity contribution in [1.82, 2.24) is 9.88 Å². The van der Waals surface area contributed by atoms with Crippen LogP contribution in [0.15, 0.2) is 4.42 Å². The van der Waals surface area contributed by atoms with E-state index in [4.69, 9.17) is 9.52 Å². The number of carboxylic acids is 1. The summed E-state index contributed by atoms with van der Waals surface area (Å²) in [4.78, 5) is 16.5. The number of oxazole rings is 1. The molecule has 0 aromatic carbocycles. The summed E-state index contributed by atoms with van der Waals surface area (Å²) < 4.78 is 5.38. The van der Waals surface area contributed by atoms with E-state index in [0.29, 0.717) is 19.0 Å². The Morgan fingerprint density at radius 2 is 2.20 bits per heavy atom. The van der Waals surface area contributed by atoms with Gasteiger partial charge in [0.1, 0.15) is 5.76 Å². The Bertz CT molecular complexity index is 327. The molecule has 0 amide bonds. The number of aryl methyl sites for hydroxylation is 2. The molecule has 5 heteroatoms. The molecule has 15 heavy (non-hydrogen) atoms. The van der Waals surface area contributed by atoms with Crippen LogP contribution in [0.5, 0.6) is 0 Å². The lowest BCUT2D eigenvalue weighted by atomic mass is 10.4. The molecule has 0 unspecified atom stereocenters. The van der Waals surface area contributed by atoms with Crippen molar-refractivity contribution in [1.29, 1.82) is 0 Å². The number of nitrogens with zero attached hydrogens (tertiary/aromatic N) is 2. The van der Waals surface area contributed by atoms with Crippen molar-refractivity contribution in [2.45, 2.75) is 27.3 Å². The number of rotatable bonds is 5. The second kappa shape index (κ2) is 4.93. The highest BCUT2D eigenvalue weighted by Gasteiger charge is 2.12. The minimum Gasteiger partial charge on any atom is -0.480 e. The van der Waals surface area contributed by atoms with E-state index < -0.39 is 5.97 Å². The van der Waals surface area contributed by atoms with Crippen LogP contribution in [0.2, 0.25) is 0 Å². The minimum atomic E-state index is -0.836. The maximum Gasteiger partial charge on any atom is 0.317 e. The van der Waals surface area contributed by atoms with Gasteiger partial charge in [0.05, 0.1) is 18.8 Å². The minimum absolute atomic E-state index is 0.0109. The Balaban J connectivity index is 2.62. The van der Waals surface area contributed by atoms with E-state index in [1.807, 2.05) is 20.8 Å². The molecular formula is C10H16N2O3. The fourth-order valence-electron chi connectivity index (χ4n) is 1.27. The number of aliphatic carboxylic acids is 1. The first-order valence-corrected chi connectivity index (χ1v) is 4.90. The van der Waals surface area contributed by atoms with Crippen LogP contribution < -0.4 is 0 Å². The third-order valence-electron chi connectivity index (χ3n) is 2.24. The van der Waals surface area contributed by atoms with Crippen LogP contribution in [0.3, 0.4) is 0 Å². The predicted octanol–water partition coefficient (Wildman–Crippen LogP) is 1.20. The molecule has 1 heterocycles. The van der Waals surface area contributed by atoms with E-state index >= 15 is 0 Å². The molecule has 1 rings (SSSR count). The molecule has 0 radical (unpaired) electrons. The Hall–Kier alpha value is -1.36. The summed E-state index contributed by atoms with van der Waals surface area (Å²) in [6.07, 6.45) is 0. The molecule has 0 bridgehead atoms. The van der Waals surface area contributed by atoms with Crippen LogP contribution >= 0.6 is 0 Å². The summed E-state index contributed by atoms with van der Waals surface area (Å²) in [5, 5.41) is 8.66. The Morgan fingerprint density at radius 1 is 1.53 bits per heavy atom. The van der Waals surface area contributed by atoms with Gasteiger partial charge < -0.3 is 9.52 Å². The normalized spacial score (nSPS) is 10.9. The van der Waals surface area contributed by atoms with Crippen LogP contribution in [0, 0.1) is 13.8 Å². The molecule has 0 aliphatic carbocycles. The number of hydrogen-bond donors (Lipinski definition) is 1. The van der Waals surface area contributed by atoms with Crippen LogP contribution in [0.25, 0.3) is 0 Å². The number of aromatic nitrogens is 1. The van der Waals surface area contributed by atoms with E-state index in [-0.39, 0.29) is 6.54 Å². The van der Waals surface area contributed by atoms with Gasteiger partial charge in [-0.15, -0.1) is 0 Å². The molecule has 1 N–H and O–H groups in total. The average Bonchev–Trinajstić information content (AvgIpc) is 2.44. The highest BCUT2D eigenvalue weighted by Crippen LogP contribution is 2.10. The lowest BCUT2D eigenvalue weighted by Gasteiger charge is -2.15. The van der Waals surface area contributed by atoms with Gasteiger partial charge in [0.15, 0.2) is 0 Å². The van der Waals surface area contributed by atoms with Crippen LogP contribution in [0.4, 0.5) is 0 Å². The first kappa shape index (κ1) is 11.7. The van der Waals surface area contributed by atoms with Gasteiger partial charge in [-0.2, -0.15) is 0 Å². The van der Waals surface area contributed by atoms with E-state index in [0.717, 1.165) is 11.5 Å². The van der Waals surface area contributed by atoms with Gasteiger partial charge in [-0.3, -0.25) is 9.69 Å². The van der Waals surface area contributed by atoms with Gasteiger partial charge in [-0.1, -0.05) is 6.92 Å². The molecular weight excluding hydrogens is 196 g/mol. The number of carbonyl (C=O) groups is 1. The summed E-state index contributed by atoms with van der Waals surface area (Å²) in [5.41, 5.74) is 0.858. The van der Waals surface area contributed by atoms with Crippen molar-refractivity contribution in [3.8, 4) is 0 Å². The van der Waals surface area contributed by atoms with E-state index in [2.05, 4.69) is 4.98 Å². The lowest BCUT2D eigenvalue weighted by Crippen LogP contribution is -2.29. The standard InChI is InChI=1S/C10H16N2O3/c1-4-12(6-10(13)14)5-9-11-7(2)8(3)15-9/h4-6H2,1-3H3,(H,13,14). The van der Waals surface area contributed by atoms with Crippen molar-refractivity contribution < 1.29 is 14.3 Å². The maximum atomic E-state index is 10.5. The Morgan fingerprint density at radius 3 is 2.60 bits per heavy atom. The zero-order valence-corrected chi connectivity index (χ0v) is 9.28. The number of hydrogen-bond acceptors (Lipinski definition) is 4. The highest BCUT2D eigenvalue weighted by atomic mass is 16.4. The first-order chi connectivity index (χ1) is 7.02. The smallest absolute Gasteiger partial charge is 0.317 e. The quantitative estimate of drug-likeness (QED) is 0.794. The first-order valence-electron chi connectivity index (χ1n) is 4.90. The maximum absolute atomic E-state index is 10.5. The molecule has 0 saturated heterocycles. The third-order valence-corrected chi connectivity index (χ3v) is 2.24. The second-order valence-electron chi connectivity index (χ2n) is 3.45. The highest BCUT2D eigenvalue weighted by molar-refractivity contribution is 5.69. The van der Waals surface area contributed by atoms with E-state index in [9.17, 15) is 4.79 Å². The molecule has 0 aliphatic heterocycles.